The van der Waals surface area contributed by atoms with Crippen LogP contribution in [-0.4, -0.2) is 96.0 Å². The summed E-state index contributed by atoms with van der Waals surface area (Å²) in [6, 6.07) is 6.59. The maximum absolute atomic E-state index is 13.5. The molecule has 1 aromatic carbocycles. The molecule has 2 aliphatic rings. The van der Waals surface area contributed by atoms with E-state index < -0.39 is 24.3 Å². The van der Waals surface area contributed by atoms with Gasteiger partial charge in [-0.3, -0.25) is 9.59 Å². The second kappa shape index (κ2) is 15.8. The molecule has 16 nitrogen and oxygen atoms in total. The molecular formula is C37H46N10O6. The molecule has 4 atom stereocenters. The summed E-state index contributed by atoms with van der Waals surface area (Å²) in [5.74, 6) is 1.09. The van der Waals surface area contributed by atoms with Crippen molar-refractivity contribution >= 4 is 24.0 Å². The van der Waals surface area contributed by atoms with Crippen molar-refractivity contribution in [1.29, 1.82) is 0 Å². The van der Waals surface area contributed by atoms with Crippen LogP contribution in [0.2, 0.25) is 0 Å². The minimum absolute atomic E-state index is 0.116. The Labute approximate surface area is 307 Å². The monoisotopic (exact) mass is 726 g/mol. The summed E-state index contributed by atoms with van der Waals surface area (Å²) in [5.41, 5.74) is 9.24. The zero-order valence-corrected chi connectivity index (χ0v) is 30.5. The molecular weight excluding hydrogens is 680 g/mol. The Hall–Kier alpha value is -5.80. The van der Waals surface area contributed by atoms with Crippen LogP contribution in [0.1, 0.15) is 77.1 Å². The Morgan fingerprint density at radius 2 is 1.28 bits per heavy atom. The van der Waals surface area contributed by atoms with E-state index in [1.54, 1.807) is 34.6 Å². The Morgan fingerprint density at radius 3 is 1.79 bits per heavy atom. The number of carbonyl (C=O) groups is 4. The van der Waals surface area contributed by atoms with E-state index in [9.17, 15) is 19.2 Å². The van der Waals surface area contributed by atoms with Crippen LogP contribution in [0.15, 0.2) is 49.1 Å². The standard InChI is InChI=1S/C37H46N10O6/c1-20(2)29(45-37(51)52-5)34(48)46-14-6-8-27(46)32-41-18-25(43-32)22-10-12-23(13-11-22)31-39-16-24(17-40-31)26-19-42-33(44-26)28-9-7-15-47(28)35(49)30(21(3)4)53-36(38)50/h10-13,16-21,27-30H,6-9,14-15H2,1-5H3,(H2,38,50)(H,41,43)(H,42,44)(H,45,51)/t27-,28-,29-,30-/m0/s1. The molecule has 6 rings (SSSR count). The van der Waals surface area contributed by atoms with E-state index in [1.165, 1.54) is 7.11 Å². The van der Waals surface area contributed by atoms with E-state index >= 15 is 0 Å². The van der Waals surface area contributed by atoms with Crippen molar-refractivity contribution in [2.45, 2.75) is 77.6 Å². The first-order valence-electron chi connectivity index (χ1n) is 17.9. The summed E-state index contributed by atoms with van der Waals surface area (Å²) in [6.45, 7) is 8.50. The van der Waals surface area contributed by atoms with Crippen molar-refractivity contribution in [2.24, 2.45) is 17.6 Å². The first-order valence-corrected chi connectivity index (χ1v) is 17.9. The van der Waals surface area contributed by atoms with Crippen LogP contribution in [0, 0.1) is 11.8 Å². The fourth-order valence-corrected chi connectivity index (χ4v) is 6.99. The van der Waals surface area contributed by atoms with E-state index in [0.717, 1.165) is 48.1 Å². The van der Waals surface area contributed by atoms with Gasteiger partial charge >= 0.3 is 12.2 Å². The van der Waals surface area contributed by atoms with Crippen LogP contribution >= 0.6 is 0 Å². The number of carbonyl (C=O) groups excluding carboxylic acids is 4. The number of nitrogens with one attached hydrogen (secondary N) is 3. The lowest BCUT2D eigenvalue weighted by Crippen LogP contribution is -2.51. The molecule has 5 heterocycles. The van der Waals surface area contributed by atoms with E-state index in [2.05, 4.69) is 35.2 Å². The predicted octanol–water partition coefficient (Wildman–Crippen LogP) is 4.75. The van der Waals surface area contributed by atoms with Gasteiger partial charge in [0.2, 0.25) is 5.91 Å². The van der Waals surface area contributed by atoms with Crippen molar-refractivity contribution in [3.8, 4) is 33.9 Å². The van der Waals surface area contributed by atoms with Gasteiger partial charge in [0, 0.05) is 36.6 Å². The van der Waals surface area contributed by atoms with Gasteiger partial charge in [-0.15, -0.1) is 0 Å². The van der Waals surface area contributed by atoms with E-state index in [-0.39, 0.29) is 35.7 Å². The number of amides is 4. The molecule has 2 aliphatic heterocycles. The lowest BCUT2D eigenvalue weighted by molar-refractivity contribution is -0.143. The molecule has 0 unspecified atom stereocenters. The van der Waals surface area contributed by atoms with Crippen LogP contribution in [0.3, 0.4) is 0 Å². The smallest absolute Gasteiger partial charge is 0.407 e. The number of primary amides is 1. The third-order valence-electron chi connectivity index (χ3n) is 9.79. The summed E-state index contributed by atoms with van der Waals surface area (Å²) in [4.78, 5) is 78.8. The van der Waals surface area contributed by atoms with Gasteiger partial charge in [-0.25, -0.2) is 29.5 Å². The Morgan fingerprint density at radius 1 is 0.755 bits per heavy atom. The third kappa shape index (κ3) is 8.00. The number of aromatic nitrogens is 6. The van der Waals surface area contributed by atoms with Crippen molar-refractivity contribution in [3.63, 3.8) is 0 Å². The van der Waals surface area contributed by atoms with Crippen LogP contribution in [-0.2, 0) is 19.1 Å². The highest BCUT2D eigenvalue weighted by Gasteiger charge is 2.39. The SMILES string of the molecule is COC(=O)N[C@H](C(=O)N1CCC[C@H]1c1ncc(-c2ccc(-c3ncc(-c4cnc([C@@H]5CCCN5C(=O)[C@@H](OC(N)=O)C(C)C)[nH]4)cn3)cc2)[nH]1)C(C)C. The highest BCUT2D eigenvalue weighted by molar-refractivity contribution is 5.86. The summed E-state index contributed by atoms with van der Waals surface area (Å²) in [6.07, 6.45) is 7.45. The number of H-pyrrole nitrogens is 2. The second-order valence-corrected chi connectivity index (χ2v) is 14.1. The molecule has 0 bridgehead atoms. The molecule has 0 spiro atoms. The number of alkyl carbamates (subject to hydrolysis) is 1. The maximum atomic E-state index is 13.5. The van der Waals surface area contributed by atoms with Gasteiger partial charge < -0.3 is 40.3 Å². The fourth-order valence-electron chi connectivity index (χ4n) is 6.99. The average molecular weight is 727 g/mol. The minimum Gasteiger partial charge on any atom is -0.453 e. The first kappa shape index (κ1) is 37.0. The zero-order chi connectivity index (χ0) is 37.8. The third-order valence-corrected chi connectivity index (χ3v) is 9.79. The molecule has 4 aromatic rings. The normalized spacial score (nSPS) is 18.3. The van der Waals surface area contributed by atoms with Gasteiger partial charge in [-0.05, 0) is 43.1 Å². The molecule has 2 saturated heterocycles. The summed E-state index contributed by atoms with van der Waals surface area (Å²) >= 11 is 0. The molecule has 53 heavy (non-hydrogen) atoms. The van der Waals surface area contributed by atoms with Gasteiger partial charge in [-0.1, -0.05) is 52.0 Å². The molecule has 0 aliphatic carbocycles. The van der Waals surface area contributed by atoms with Crippen LogP contribution < -0.4 is 11.1 Å². The number of aromatic amines is 2. The maximum Gasteiger partial charge on any atom is 0.407 e. The van der Waals surface area contributed by atoms with Crippen molar-refractivity contribution in [2.75, 3.05) is 20.2 Å². The van der Waals surface area contributed by atoms with E-state index in [1.807, 2.05) is 52.0 Å². The Balaban J connectivity index is 1.11. The molecule has 5 N–H and O–H groups in total. The number of methoxy groups -OCH3 is 1. The quantitative estimate of drug-likeness (QED) is 0.166. The number of hydrogen-bond donors (Lipinski definition) is 4. The number of nitrogens with two attached hydrogens (primary N) is 1. The van der Waals surface area contributed by atoms with E-state index in [0.29, 0.717) is 36.3 Å². The summed E-state index contributed by atoms with van der Waals surface area (Å²) < 4.78 is 9.89. The van der Waals surface area contributed by atoms with Gasteiger partial charge in [0.05, 0.1) is 43.0 Å². The Bertz CT molecular complexity index is 1920. The van der Waals surface area contributed by atoms with Gasteiger partial charge in [-0.2, -0.15) is 0 Å². The average Bonchev–Trinajstić information content (AvgIpc) is 3.98. The second-order valence-electron chi connectivity index (χ2n) is 14.1. The highest BCUT2D eigenvalue weighted by Crippen LogP contribution is 2.35. The summed E-state index contributed by atoms with van der Waals surface area (Å²) in [7, 11) is 1.28. The minimum atomic E-state index is -0.977. The molecule has 2 fully saturated rings. The van der Waals surface area contributed by atoms with Crippen molar-refractivity contribution in [1.82, 2.24) is 45.0 Å². The summed E-state index contributed by atoms with van der Waals surface area (Å²) in [5, 5.41) is 2.68. The van der Waals surface area contributed by atoms with Gasteiger partial charge in [0.15, 0.2) is 11.9 Å². The lowest BCUT2D eigenvalue weighted by Gasteiger charge is -2.30. The number of imidazole rings is 2. The lowest BCUT2D eigenvalue weighted by atomic mass is 10.0. The number of likely N-dealkylation sites (tertiary alicyclic amines) is 2. The molecule has 280 valence electrons. The first-order chi connectivity index (χ1) is 25.4. The van der Waals surface area contributed by atoms with Crippen molar-refractivity contribution < 1.29 is 28.7 Å². The molecule has 3 aromatic heterocycles. The largest absolute Gasteiger partial charge is 0.453 e. The van der Waals surface area contributed by atoms with Crippen LogP contribution in [0.25, 0.3) is 33.9 Å². The van der Waals surface area contributed by atoms with Gasteiger partial charge in [0.1, 0.15) is 17.7 Å². The number of benzene rings is 1. The number of hydrogen-bond acceptors (Lipinski definition) is 10. The van der Waals surface area contributed by atoms with Crippen molar-refractivity contribution in [3.05, 3.63) is 60.7 Å². The predicted molar refractivity (Wildman–Crippen MR) is 193 cm³/mol. The molecule has 16 heteroatoms. The number of ether oxygens (including phenoxy) is 2. The number of rotatable bonds is 11. The topological polar surface area (TPSA) is 214 Å². The van der Waals surface area contributed by atoms with E-state index in [4.69, 9.17) is 15.2 Å². The van der Waals surface area contributed by atoms with Gasteiger partial charge in [0.25, 0.3) is 5.91 Å². The zero-order valence-electron chi connectivity index (χ0n) is 30.5. The van der Waals surface area contributed by atoms with Crippen LogP contribution in [0.4, 0.5) is 9.59 Å². The Kier molecular flexibility index (Phi) is 11.0. The molecule has 0 saturated carbocycles. The van der Waals surface area contributed by atoms with Crippen LogP contribution in [0.5, 0.6) is 0 Å². The number of nitrogens with zero attached hydrogens (tertiary/aromatic N) is 6. The highest BCUT2D eigenvalue weighted by atomic mass is 16.6. The molecule has 0 radical (unpaired) electrons. The fraction of sp³-hybridized carbons (Fsp3) is 0.459. The molecule has 4 amide bonds.